The van der Waals surface area contributed by atoms with Crippen LogP contribution in [0.4, 0.5) is 0 Å². The SMILES string of the molecule is CCc1nn(-c2ccc(C)cc2)c(OC)c1CC(=O)O. The van der Waals surface area contributed by atoms with Crippen molar-refractivity contribution in [3.05, 3.63) is 41.1 Å². The molecule has 5 nitrogen and oxygen atoms in total. The molecule has 106 valence electrons. The molecule has 1 heterocycles. The van der Waals surface area contributed by atoms with Crippen LogP contribution >= 0.6 is 0 Å². The number of benzene rings is 1. The summed E-state index contributed by atoms with van der Waals surface area (Å²) in [4.78, 5) is 11.0. The fourth-order valence-electron chi connectivity index (χ4n) is 2.16. The van der Waals surface area contributed by atoms with Gasteiger partial charge in [0, 0.05) is 5.56 Å². The van der Waals surface area contributed by atoms with Crippen molar-refractivity contribution in [1.82, 2.24) is 9.78 Å². The summed E-state index contributed by atoms with van der Waals surface area (Å²) in [7, 11) is 1.53. The van der Waals surface area contributed by atoms with E-state index in [0.29, 0.717) is 17.9 Å². The zero-order chi connectivity index (χ0) is 14.7. The lowest BCUT2D eigenvalue weighted by atomic mass is 10.1. The number of hydrogen-bond acceptors (Lipinski definition) is 3. The summed E-state index contributed by atoms with van der Waals surface area (Å²) in [5.74, 6) is -0.394. The summed E-state index contributed by atoms with van der Waals surface area (Å²) in [5.41, 5.74) is 3.41. The summed E-state index contributed by atoms with van der Waals surface area (Å²) in [5, 5.41) is 13.5. The van der Waals surface area contributed by atoms with Gasteiger partial charge in [0.15, 0.2) is 0 Å². The largest absolute Gasteiger partial charge is 0.481 e. The molecule has 0 saturated heterocycles. The highest BCUT2D eigenvalue weighted by molar-refractivity contribution is 5.71. The molecule has 5 heteroatoms. The van der Waals surface area contributed by atoms with Crippen LogP contribution in [0.5, 0.6) is 5.88 Å². The molecule has 0 spiro atoms. The second kappa shape index (κ2) is 5.77. The number of aromatic nitrogens is 2. The maximum Gasteiger partial charge on any atom is 0.308 e. The normalized spacial score (nSPS) is 10.6. The number of ether oxygens (including phenoxy) is 1. The van der Waals surface area contributed by atoms with Gasteiger partial charge in [-0.15, -0.1) is 0 Å². The number of rotatable bonds is 5. The second-order valence-electron chi connectivity index (χ2n) is 4.61. The first-order valence-electron chi connectivity index (χ1n) is 6.50. The van der Waals surface area contributed by atoms with Crippen molar-refractivity contribution in [2.45, 2.75) is 26.7 Å². The smallest absolute Gasteiger partial charge is 0.308 e. The summed E-state index contributed by atoms with van der Waals surface area (Å²) in [6.45, 7) is 3.96. The van der Waals surface area contributed by atoms with Crippen molar-refractivity contribution in [1.29, 1.82) is 0 Å². The maximum atomic E-state index is 11.0. The Hall–Kier alpha value is -2.30. The Labute approximate surface area is 117 Å². The summed E-state index contributed by atoms with van der Waals surface area (Å²) < 4.78 is 7.04. The van der Waals surface area contributed by atoms with Gasteiger partial charge in [-0.1, -0.05) is 24.6 Å². The molecular formula is C15H18N2O3. The Balaban J connectivity index is 2.55. The van der Waals surface area contributed by atoms with Gasteiger partial charge in [0.05, 0.1) is 24.9 Å². The molecule has 0 amide bonds. The lowest BCUT2D eigenvalue weighted by Crippen LogP contribution is -2.04. The zero-order valence-electron chi connectivity index (χ0n) is 11.9. The Morgan fingerprint density at radius 1 is 1.35 bits per heavy atom. The van der Waals surface area contributed by atoms with Crippen LogP contribution in [0, 0.1) is 6.92 Å². The highest BCUT2D eigenvalue weighted by Gasteiger charge is 2.20. The lowest BCUT2D eigenvalue weighted by Gasteiger charge is -2.07. The van der Waals surface area contributed by atoms with Crippen LogP contribution in [0.1, 0.15) is 23.7 Å². The number of aliphatic carboxylic acids is 1. The molecule has 2 aromatic rings. The molecule has 0 aliphatic carbocycles. The van der Waals surface area contributed by atoms with E-state index >= 15 is 0 Å². The number of carboxylic acids is 1. The average molecular weight is 274 g/mol. The highest BCUT2D eigenvalue weighted by Crippen LogP contribution is 2.27. The molecule has 0 unspecified atom stereocenters. The van der Waals surface area contributed by atoms with Crippen LogP contribution in [0.3, 0.4) is 0 Å². The Kier molecular flexibility index (Phi) is 4.08. The van der Waals surface area contributed by atoms with Gasteiger partial charge < -0.3 is 9.84 Å². The van der Waals surface area contributed by atoms with Gasteiger partial charge in [-0.05, 0) is 25.5 Å². The van der Waals surface area contributed by atoms with Crippen LogP contribution < -0.4 is 4.74 Å². The molecule has 1 N–H and O–H groups in total. The minimum atomic E-state index is -0.888. The molecule has 0 aliphatic heterocycles. The minimum absolute atomic E-state index is 0.0851. The average Bonchev–Trinajstić information content (AvgIpc) is 2.76. The number of nitrogens with zero attached hydrogens (tertiary/aromatic N) is 2. The van der Waals surface area contributed by atoms with Crippen LogP contribution in [-0.2, 0) is 17.6 Å². The number of methoxy groups -OCH3 is 1. The number of carboxylic acid groups (broad SMARTS) is 1. The molecule has 0 bridgehead atoms. The molecule has 1 aromatic heterocycles. The van der Waals surface area contributed by atoms with Crippen LogP contribution in [-0.4, -0.2) is 28.0 Å². The first-order valence-corrected chi connectivity index (χ1v) is 6.50. The summed E-state index contributed by atoms with van der Waals surface area (Å²) in [6, 6.07) is 7.85. The summed E-state index contributed by atoms with van der Waals surface area (Å²) in [6.07, 6.45) is 0.579. The van der Waals surface area contributed by atoms with Crippen molar-refractivity contribution in [3.63, 3.8) is 0 Å². The monoisotopic (exact) mass is 274 g/mol. The van der Waals surface area contributed by atoms with E-state index in [1.165, 1.54) is 7.11 Å². The fourth-order valence-corrected chi connectivity index (χ4v) is 2.16. The van der Waals surface area contributed by atoms with E-state index in [0.717, 1.165) is 16.9 Å². The standard InChI is InChI=1S/C15H18N2O3/c1-4-13-12(9-14(18)19)15(20-3)17(16-13)11-7-5-10(2)6-8-11/h5-8H,4,9H2,1-3H3,(H,18,19). The quantitative estimate of drug-likeness (QED) is 0.909. The van der Waals surface area contributed by atoms with E-state index in [2.05, 4.69) is 5.10 Å². The predicted octanol–water partition coefficient (Wildman–Crippen LogP) is 2.38. The minimum Gasteiger partial charge on any atom is -0.481 e. The van der Waals surface area contributed by atoms with Gasteiger partial charge in [-0.25, -0.2) is 4.68 Å². The van der Waals surface area contributed by atoms with Crippen LogP contribution in [0.2, 0.25) is 0 Å². The van der Waals surface area contributed by atoms with Crippen molar-refractivity contribution in [2.75, 3.05) is 7.11 Å². The van der Waals surface area contributed by atoms with Gasteiger partial charge in [0.2, 0.25) is 5.88 Å². The number of hydrogen-bond donors (Lipinski definition) is 1. The second-order valence-corrected chi connectivity index (χ2v) is 4.61. The molecule has 20 heavy (non-hydrogen) atoms. The van der Waals surface area contributed by atoms with Crippen LogP contribution in [0.15, 0.2) is 24.3 Å². The van der Waals surface area contributed by atoms with E-state index in [4.69, 9.17) is 9.84 Å². The fraction of sp³-hybridized carbons (Fsp3) is 0.333. The molecule has 0 radical (unpaired) electrons. The van der Waals surface area contributed by atoms with E-state index in [9.17, 15) is 4.79 Å². The number of aryl methyl sites for hydroxylation is 2. The third-order valence-electron chi connectivity index (χ3n) is 3.15. The summed E-state index contributed by atoms with van der Waals surface area (Å²) >= 11 is 0. The van der Waals surface area contributed by atoms with Gasteiger partial charge in [0.1, 0.15) is 0 Å². The van der Waals surface area contributed by atoms with Gasteiger partial charge >= 0.3 is 5.97 Å². The van der Waals surface area contributed by atoms with Crippen molar-refractivity contribution in [3.8, 4) is 11.6 Å². The van der Waals surface area contributed by atoms with Gasteiger partial charge in [-0.2, -0.15) is 5.10 Å². The topological polar surface area (TPSA) is 64.4 Å². The van der Waals surface area contributed by atoms with E-state index in [-0.39, 0.29) is 6.42 Å². The molecule has 0 saturated carbocycles. The predicted molar refractivity (Wildman–Crippen MR) is 75.6 cm³/mol. The maximum absolute atomic E-state index is 11.0. The first-order chi connectivity index (χ1) is 9.56. The van der Waals surface area contributed by atoms with E-state index < -0.39 is 5.97 Å². The van der Waals surface area contributed by atoms with E-state index in [1.54, 1.807) is 4.68 Å². The van der Waals surface area contributed by atoms with Crippen molar-refractivity contribution >= 4 is 5.97 Å². The van der Waals surface area contributed by atoms with Gasteiger partial charge in [0.25, 0.3) is 0 Å². The van der Waals surface area contributed by atoms with Crippen LogP contribution in [0.25, 0.3) is 5.69 Å². The number of carbonyl (C=O) groups is 1. The first kappa shape index (κ1) is 14.1. The molecule has 2 rings (SSSR count). The third kappa shape index (κ3) is 2.66. The highest BCUT2D eigenvalue weighted by atomic mass is 16.5. The molecule has 1 aromatic carbocycles. The van der Waals surface area contributed by atoms with Crippen molar-refractivity contribution < 1.29 is 14.6 Å². The molecular weight excluding hydrogens is 256 g/mol. The zero-order valence-corrected chi connectivity index (χ0v) is 11.9. The third-order valence-corrected chi connectivity index (χ3v) is 3.15. The molecule has 0 atom stereocenters. The Morgan fingerprint density at radius 2 is 2.00 bits per heavy atom. The van der Waals surface area contributed by atoms with Crippen molar-refractivity contribution in [2.24, 2.45) is 0 Å². The lowest BCUT2D eigenvalue weighted by molar-refractivity contribution is -0.136. The Bertz CT molecular complexity index is 615. The van der Waals surface area contributed by atoms with E-state index in [1.807, 2.05) is 38.1 Å². The molecule has 0 fully saturated rings. The van der Waals surface area contributed by atoms with Gasteiger partial charge in [-0.3, -0.25) is 4.79 Å². The Morgan fingerprint density at radius 3 is 2.50 bits per heavy atom. The molecule has 0 aliphatic rings.